The Labute approximate surface area is 263 Å². The molecular weight excluding hydrogens is 547 g/mol. The molecule has 0 spiro atoms. The molecule has 0 bridgehead atoms. The van der Waals surface area contributed by atoms with Crippen LogP contribution in [-0.4, -0.2) is 30.8 Å². The van der Waals surface area contributed by atoms with Crippen molar-refractivity contribution < 1.29 is 9.22 Å². The number of benzene rings is 1. The third-order valence-corrected chi connectivity index (χ3v) is 14.9. The van der Waals surface area contributed by atoms with Gasteiger partial charge in [0.2, 0.25) is 14.9 Å². The van der Waals surface area contributed by atoms with Crippen molar-refractivity contribution in [3.8, 4) is 0 Å². The number of aryl methyl sites for hydroxylation is 1. The maximum absolute atomic E-state index is 12.9. The highest BCUT2D eigenvalue weighted by molar-refractivity contribution is 6.56. The van der Waals surface area contributed by atoms with Crippen molar-refractivity contribution in [2.75, 3.05) is 5.32 Å². The molecule has 2 fully saturated rings. The molecule has 5 nitrogen and oxygen atoms in total. The van der Waals surface area contributed by atoms with E-state index in [1.54, 1.807) is 11.1 Å². The second-order valence-corrected chi connectivity index (χ2v) is 20.0. The molecule has 1 aromatic carbocycles. The van der Waals surface area contributed by atoms with Crippen LogP contribution < -0.4 is 5.32 Å². The van der Waals surface area contributed by atoms with Gasteiger partial charge in [-0.05, 0) is 116 Å². The monoisotopic (exact) mass is 604 g/mol. The van der Waals surface area contributed by atoms with Gasteiger partial charge in [0, 0.05) is 24.5 Å². The summed E-state index contributed by atoms with van der Waals surface area (Å²) in [4.78, 5) is 12.9. The lowest BCUT2D eigenvalue weighted by molar-refractivity contribution is -0.144. The number of rotatable bonds is 8. The molecule has 3 aliphatic rings. The van der Waals surface area contributed by atoms with E-state index in [1.165, 1.54) is 38.5 Å². The van der Waals surface area contributed by atoms with Crippen molar-refractivity contribution in [3.63, 3.8) is 0 Å². The van der Waals surface area contributed by atoms with Gasteiger partial charge < -0.3 is 9.74 Å². The van der Waals surface area contributed by atoms with Crippen LogP contribution in [-0.2, 0) is 16.3 Å². The van der Waals surface area contributed by atoms with Crippen LogP contribution in [0.5, 0.6) is 0 Å². The predicted octanol–water partition coefficient (Wildman–Crippen LogP) is 9.85. The molecule has 3 unspecified atom stereocenters. The maximum Gasteiger partial charge on any atom is 0.224 e. The van der Waals surface area contributed by atoms with E-state index in [1.807, 2.05) is 36.1 Å². The van der Waals surface area contributed by atoms with Crippen LogP contribution in [0.3, 0.4) is 0 Å². The molecule has 5 atom stereocenters. The van der Waals surface area contributed by atoms with E-state index in [9.17, 15) is 4.79 Å². The molecule has 0 aliphatic heterocycles. The average Bonchev–Trinajstić information content (AvgIpc) is 3.28. The summed E-state index contributed by atoms with van der Waals surface area (Å²) >= 11 is 0. The van der Waals surface area contributed by atoms with Gasteiger partial charge in [0.05, 0.1) is 17.8 Å². The van der Waals surface area contributed by atoms with Crippen LogP contribution in [0, 0.1) is 28.6 Å². The molecule has 3 aliphatic carbocycles. The summed E-state index contributed by atoms with van der Waals surface area (Å²) in [6.45, 7) is 22.0. The van der Waals surface area contributed by atoms with Crippen molar-refractivity contribution in [1.82, 2.24) is 9.78 Å². The Balaban J connectivity index is 1.22. The Morgan fingerprint density at radius 1 is 1.16 bits per heavy atom. The number of hydrogen-bond donors (Lipinski definition) is 1. The molecular formula is C37H58N3O2Si. The molecule has 6 heteroatoms. The number of carbonyl (C=O) groups is 1. The van der Waals surface area contributed by atoms with Gasteiger partial charge in [-0.25, -0.2) is 0 Å². The number of amides is 1. The van der Waals surface area contributed by atoms with Crippen molar-refractivity contribution in [3.05, 3.63) is 35.5 Å². The molecule has 1 N–H and O–H groups in total. The summed E-state index contributed by atoms with van der Waals surface area (Å²) in [5, 5.41) is 8.75. The molecule has 5 rings (SSSR count). The zero-order valence-corrected chi connectivity index (χ0v) is 29.8. The van der Waals surface area contributed by atoms with E-state index in [4.69, 9.17) is 4.43 Å². The van der Waals surface area contributed by atoms with Crippen LogP contribution >= 0.6 is 0 Å². The first-order valence-electron chi connectivity index (χ1n) is 17.1. The Kier molecular flexibility index (Phi) is 9.15. The zero-order chi connectivity index (χ0) is 31.3. The Hall–Kier alpha value is -1.92. The van der Waals surface area contributed by atoms with Gasteiger partial charge in [-0.2, -0.15) is 5.10 Å². The highest BCUT2D eigenvalue weighted by atomic mass is 28.3. The molecule has 43 heavy (non-hydrogen) atoms. The van der Waals surface area contributed by atoms with Crippen molar-refractivity contribution >= 4 is 31.5 Å². The van der Waals surface area contributed by atoms with Gasteiger partial charge >= 0.3 is 0 Å². The van der Waals surface area contributed by atoms with Gasteiger partial charge in [0.1, 0.15) is 0 Å². The average molecular weight is 605 g/mol. The molecule has 1 radical (unpaired) electrons. The molecule has 0 saturated heterocycles. The fourth-order valence-corrected chi connectivity index (χ4v) is 12.9. The SMILES string of the molecule is CC1=C(CCCC(=O)Nc2ccc3c(cnn3C)c2)C2CCC3C(C)(C)[C@@H](O[Si](C(C)C)C(C)(C)C)CC[C@]3(C)C2CC1. The minimum Gasteiger partial charge on any atom is -0.412 e. The number of allylic oxidation sites excluding steroid dienone is 2. The fraction of sp³-hybridized carbons (Fsp3) is 0.730. The number of fused-ring (bicyclic) bond motifs is 4. The van der Waals surface area contributed by atoms with Crippen molar-refractivity contribution in [1.29, 1.82) is 0 Å². The molecule has 2 aromatic rings. The largest absolute Gasteiger partial charge is 0.412 e. The first-order chi connectivity index (χ1) is 20.1. The molecule has 1 aromatic heterocycles. The number of anilines is 1. The predicted molar refractivity (Wildman–Crippen MR) is 181 cm³/mol. The highest BCUT2D eigenvalue weighted by Crippen LogP contribution is 2.65. The van der Waals surface area contributed by atoms with E-state index < -0.39 is 9.04 Å². The lowest BCUT2D eigenvalue weighted by Gasteiger charge is -2.63. The van der Waals surface area contributed by atoms with Crippen LogP contribution in [0.2, 0.25) is 10.6 Å². The second kappa shape index (κ2) is 12.1. The standard InChI is InChI=1S/C37H58N3O2Si/c1-24(2)43(35(4,5)6)42-33-20-21-37(9)30-17-14-25(3)28(29(30)16-19-32(37)36(33,7)8)12-11-13-34(41)39-27-15-18-31-26(22-27)23-38-40(31)10/h15,18,22-24,29-30,32-33H,11-14,16-17,19-21H2,1-10H3,(H,39,41)/t29?,30?,32?,33-,37+/m0/s1. The summed E-state index contributed by atoms with van der Waals surface area (Å²) in [5.41, 5.74) is 6.41. The van der Waals surface area contributed by atoms with E-state index in [-0.39, 0.29) is 16.4 Å². The number of nitrogens with one attached hydrogen (secondary N) is 1. The lowest BCUT2D eigenvalue weighted by atomic mass is 9.43. The van der Waals surface area contributed by atoms with Crippen molar-refractivity contribution in [2.24, 2.45) is 35.6 Å². The third-order valence-electron chi connectivity index (χ3n) is 11.8. The van der Waals surface area contributed by atoms with Crippen molar-refractivity contribution in [2.45, 2.75) is 137 Å². The Morgan fingerprint density at radius 2 is 1.91 bits per heavy atom. The summed E-state index contributed by atoms with van der Waals surface area (Å²) in [5.74, 6) is 2.26. The van der Waals surface area contributed by atoms with E-state index in [0.717, 1.165) is 35.3 Å². The van der Waals surface area contributed by atoms with E-state index >= 15 is 0 Å². The van der Waals surface area contributed by atoms with Crippen LogP contribution in [0.25, 0.3) is 10.9 Å². The minimum atomic E-state index is -0.931. The fourth-order valence-electron chi connectivity index (χ4n) is 9.86. The molecule has 1 amide bonds. The van der Waals surface area contributed by atoms with Gasteiger partial charge in [0.15, 0.2) is 0 Å². The minimum absolute atomic E-state index is 0.113. The summed E-state index contributed by atoms with van der Waals surface area (Å²) in [7, 11) is 1.01. The van der Waals surface area contributed by atoms with Crippen LogP contribution in [0.1, 0.15) is 120 Å². The van der Waals surface area contributed by atoms with Gasteiger partial charge in [-0.1, -0.05) is 66.5 Å². The number of carbonyl (C=O) groups excluding carboxylic acids is 1. The Morgan fingerprint density at radius 3 is 2.60 bits per heavy atom. The van der Waals surface area contributed by atoms with Crippen LogP contribution in [0.15, 0.2) is 35.5 Å². The van der Waals surface area contributed by atoms with Gasteiger partial charge in [-0.15, -0.1) is 0 Å². The number of aromatic nitrogens is 2. The molecule has 1 heterocycles. The lowest BCUT2D eigenvalue weighted by Crippen LogP contribution is -2.58. The first-order valence-corrected chi connectivity index (χ1v) is 18.6. The third kappa shape index (κ3) is 6.29. The van der Waals surface area contributed by atoms with E-state index in [2.05, 4.69) is 72.7 Å². The van der Waals surface area contributed by atoms with Gasteiger partial charge in [0.25, 0.3) is 0 Å². The highest BCUT2D eigenvalue weighted by Gasteiger charge is 2.59. The Bertz CT molecular complexity index is 1350. The topological polar surface area (TPSA) is 56.2 Å². The number of nitrogens with zero attached hydrogens (tertiary/aromatic N) is 2. The second-order valence-electron chi connectivity index (χ2n) is 16.4. The summed E-state index contributed by atoms with van der Waals surface area (Å²) < 4.78 is 9.05. The summed E-state index contributed by atoms with van der Waals surface area (Å²) in [6, 6.07) is 6.03. The maximum atomic E-state index is 12.9. The van der Waals surface area contributed by atoms with Gasteiger partial charge in [-0.3, -0.25) is 9.48 Å². The number of hydrogen-bond acceptors (Lipinski definition) is 3. The smallest absolute Gasteiger partial charge is 0.224 e. The molecule has 2 saturated carbocycles. The van der Waals surface area contributed by atoms with Crippen LogP contribution in [0.4, 0.5) is 5.69 Å². The summed E-state index contributed by atoms with van der Waals surface area (Å²) in [6.07, 6.45) is 12.4. The normalized spacial score (nSPS) is 29.2. The zero-order valence-electron chi connectivity index (χ0n) is 28.8. The molecule has 237 valence electrons. The van der Waals surface area contributed by atoms with E-state index in [0.29, 0.717) is 35.3 Å². The quantitative estimate of drug-likeness (QED) is 0.241. The first kappa shape index (κ1) is 32.5.